The maximum absolute atomic E-state index is 14.0. The van der Waals surface area contributed by atoms with Crippen molar-refractivity contribution in [3.8, 4) is 5.75 Å². The van der Waals surface area contributed by atoms with Gasteiger partial charge in [0, 0.05) is 18.1 Å². The summed E-state index contributed by atoms with van der Waals surface area (Å²) in [5.74, 6) is -0.314. The highest BCUT2D eigenvalue weighted by molar-refractivity contribution is 7.92. The summed E-state index contributed by atoms with van der Waals surface area (Å²) in [6.45, 7) is 3.87. The molecule has 0 aliphatic carbocycles. The molecule has 3 rings (SSSR count). The number of rotatable bonds is 14. The molecule has 214 valence electrons. The number of methoxy groups -OCH3 is 1. The highest BCUT2D eigenvalue weighted by Crippen LogP contribution is 2.26. The number of sulfonamides is 1. The molecule has 2 amide bonds. The normalized spacial score (nSPS) is 11.9. The predicted octanol–water partition coefficient (Wildman–Crippen LogP) is 5.27. The molecule has 10 heteroatoms. The van der Waals surface area contributed by atoms with E-state index < -0.39 is 28.5 Å². The summed E-state index contributed by atoms with van der Waals surface area (Å²) in [5, 5.41) is 3.36. The monoisotopic (exact) mass is 585 g/mol. The minimum Gasteiger partial charge on any atom is -0.497 e. The van der Waals surface area contributed by atoms with E-state index in [0.717, 1.165) is 17.1 Å². The average Bonchev–Trinajstić information content (AvgIpc) is 2.97. The van der Waals surface area contributed by atoms with Gasteiger partial charge in [-0.05, 0) is 60.9 Å². The van der Waals surface area contributed by atoms with Crippen LogP contribution in [-0.2, 0) is 26.2 Å². The number of nitrogens with one attached hydrogen (secondary N) is 1. The van der Waals surface area contributed by atoms with E-state index in [1.54, 1.807) is 66.7 Å². The Kier molecular flexibility index (Phi) is 11.4. The molecule has 8 nitrogen and oxygen atoms in total. The van der Waals surface area contributed by atoms with E-state index in [0.29, 0.717) is 35.0 Å². The van der Waals surface area contributed by atoms with Gasteiger partial charge in [0.2, 0.25) is 11.8 Å². The van der Waals surface area contributed by atoms with E-state index in [1.165, 1.54) is 24.1 Å². The van der Waals surface area contributed by atoms with Gasteiger partial charge >= 0.3 is 0 Å². The number of unbranched alkanes of at least 4 members (excludes halogenated alkanes) is 1. The van der Waals surface area contributed by atoms with Crippen molar-refractivity contribution in [2.24, 2.45) is 0 Å². The van der Waals surface area contributed by atoms with Crippen molar-refractivity contribution >= 4 is 39.1 Å². The molecule has 0 saturated carbocycles. The van der Waals surface area contributed by atoms with E-state index in [4.69, 9.17) is 16.3 Å². The van der Waals surface area contributed by atoms with Crippen LogP contribution in [0.15, 0.2) is 83.8 Å². The first-order valence-electron chi connectivity index (χ1n) is 13.2. The van der Waals surface area contributed by atoms with Crippen LogP contribution in [0.5, 0.6) is 5.75 Å². The Morgan fingerprint density at radius 3 is 2.20 bits per heavy atom. The molecule has 0 unspecified atom stereocenters. The summed E-state index contributed by atoms with van der Waals surface area (Å²) in [6, 6.07) is 20.7. The number of nitrogens with zero attached hydrogens (tertiary/aromatic N) is 2. The first-order valence-corrected chi connectivity index (χ1v) is 15.1. The number of hydrogen-bond donors (Lipinski definition) is 1. The van der Waals surface area contributed by atoms with Gasteiger partial charge in [0.25, 0.3) is 10.0 Å². The number of ether oxygens (including phenoxy) is 1. The van der Waals surface area contributed by atoms with Crippen molar-refractivity contribution in [1.29, 1.82) is 0 Å². The summed E-state index contributed by atoms with van der Waals surface area (Å²) < 4.78 is 34.0. The Labute approximate surface area is 241 Å². The standard InChI is InChI=1S/C30H36ClN3O5S/c1-4-6-20-32-30(36)28(5-2)33(21-23-12-10-11-15-27(23)31)29(35)22-34(24-13-8-7-9-14-24)40(37,38)26-18-16-25(39-3)17-19-26/h7-19,28H,4-6,20-22H2,1-3H3,(H,32,36)/t28-/m1/s1. The van der Waals surface area contributed by atoms with Gasteiger partial charge in [0.15, 0.2) is 0 Å². The van der Waals surface area contributed by atoms with Crippen molar-refractivity contribution < 1.29 is 22.7 Å². The van der Waals surface area contributed by atoms with Crippen molar-refractivity contribution in [2.45, 2.75) is 50.6 Å². The SMILES string of the molecule is CCCCNC(=O)[C@@H](CC)N(Cc1ccccc1Cl)C(=O)CN(c1ccccc1)S(=O)(=O)c1ccc(OC)cc1. The number of carbonyl (C=O) groups excluding carboxylic acids is 2. The van der Waals surface area contributed by atoms with Crippen LogP contribution in [0.4, 0.5) is 5.69 Å². The lowest BCUT2D eigenvalue weighted by Gasteiger charge is -2.33. The molecule has 0 aliphatic rings. The average molecular weight is 586 g/mol. The van der Waals surface area contributed by atoms with Gasteiger partial charge in [-0.1, -0.05) is 68.3 Å². The van der Waals surface area contributed by atoms with Crippen LogP contribution in [0.2, 0.25) is 5.02 Å². The van der Waals surface area contributed by atoms with Crippen molar-refractivity contribution in [2.75, 3.05) is 24.5 Å². The molecule has 1 N–H and O–H groups in total. The molecule has 3 aromatic carbocycles. The van der Waals surface area contributed by atoms with Crippen LogP contribution in [0.25, 0.3) is 0 Å². The largest absolute Gasteiger partial charge is 0.497 e. The maximum Gasteiger partial charge on any atom is 0.264 e. The van der Waals surface area contributed by atoms with Gasteiger partial charge in [-0.15, -0.1) is 0 Å². The van der Waals surface area contributed by atoms with Gasteiger partial charge in [0.1, 0.15) is 18.3 Å². The lowest BCUT2D eigenvalue weighted by Crippen LogP contribution is -2.52. The number of hydrogen-bond acceptors (Lipinski definition) is 5. The zero-order chi connectivity index (χ0) is 29.1. The summed E-state index contributed by atoms with van der Waals surface area (Å²) in [7, 11) is -2.66. The van der Waals surface area contributed by atoms with Crippen molar-refractivity contribution in [3.05, 3.63) is 89.4 Å². The highest BCUT2D eigenvalue weighted by Gasteiger charge is 2.33. The fourth-order valence-electron chi connectivity index (χ4n) is 4.23. The number of carbonyl (C=O) groups is 2. The second kappa shape index (κ2) is 14.7. The molecule has 0 bridgehead atoms. The molecule has 0 heterocycles. The Balaban J connectivity index is 2.02. The molecule has 0 aliphatic heterocycles. The molecule has 0 fully saturated rings. The smallest absolute Gasteiger partial charge is 0.264 e. The summed E-state index contributed by atoms with van der Waals surface area (Å²) in [6.07, 6.45) is 2.06. The summed E-state index contributed by atoms with van der Waals surface area (Å²) >= 11 is 6.43. The first-order chi connectivity index (χ1) is 19.2. The molecule has 0 spiro atoms. The van der Waals surface area contributed by atoms with Gasteiger partial charge in [-0.2, -0.15) is 0 Å². The molecule has 3 aromatic rings. The summed E-state index contributed by atoms with van der Waals surface area (Å²) in [5.41, 5.74) is 0.978. The molecular formula is C30H36ClN3O5S. The predicted molar refractivity (Wildman–Crippen MR) is 158 cm³/mol. The third-order valence-corrected chi connectivity index (χ3v) is 8.64. The van der Waals surface area contributed by atoms with Gasteiger partial charge in [0.05, 0.1) is 17.7 Å². The molecule has 0 saturated heterocycles. The van der Waals surface area contributed by atoms with E-state index >= 15 is 0 Å². The van der Waals surface area contributed by atoms with Crippen LogP contribution in [0.1, 0.15) is 38.7 Å². The van der Waals surface area contributed by atoms with Crippen LogP contribution in [-0.4, -0.2) is 51.4 Å². The number of anilines is 1. The zero-order valence-corrected chi connectivity index (χ0v) is 24.6. The third-order valence-electron chi connectivity index (χ3n) is 6.48. The lowest BCUT2D eigenvalue weighted by molar-refractivity contribution is -0.140. The number of amides is 2. The van der Waals surface area contributed by atoms with Crippen LogP contribution in [0.3, 0.4) is 0 Å². The number of benzene rings is 3. The molecule has 40 heavy (non-hydrogen) atoms. The van der Waals surface area contributed by atoms with Gasteiger partial charge in [-0.3, -0.25) is 13.9 Å². The second-order valence-corrected chi connectivity index (χ2v) is 11.5. The topological polar surface area (TPSA) is 96.0 Å². The molecular weight excluding hydrogens is 550 g/mol. The van der Waals surface area contributed by atoms with E-state index in [1.807, 2.05) is 13.8 Å². The molecule has 0 radical (unpaired) electrons. The third kappa shape index (κ3) is 7.76. The van der Waals surface area contributed by atoms with Crippen LogP contribution in [0, 0.1) is 0 Å². The van der Waals surface area contributed by atoms with E-state index in [2.05, 4.69) is 5.32 Å². The maximum atomic E-state index is 14.0. The Bertz CT molecular complexity index is 1370. The lowest BCUT2D eigenvalue weighted by atomic mass is 10.1. The molecule has 1 atom stereocenters. The van der Waals surface area contributed by atoms with E-state index in [9.17, 15) is 18.0 Å². The van der Waals surface area contributed by atoms with Gasteiger partial charge in [-0.25, -0.2) is 8.42 Å². The van der Waals surface area contributed by atoms with Crippen LogP contribution < -0.4 is 14.4 Å². The quantitative estimate of drug-likeness (QED) is 0.260. The fraction of sp³-hybridized carbons (Fsp3) is 0.333. The minimum atomic E-state index is -4.16. The van der Waals surface area contributed by atoms with Crippen molar-refractivity contribution in [1.82, 2.24) is 10.2 Å². The number of para-hydroxylation sites is 1. The summed E-state index contributed by atoms with van der Waals surface area (Å²) in [4.78, 5) is 28.7. The Hall–Kier alpha value is -3.56. The second-order valence-electron chi connectivity index (χ2n) is 9.20. The van der Waals surface area contributed by atoms with E-state index in [-0.39, 0.29) is 17.3 Å². The highest BCUT2D eigenvalue weighted by atomic mass is 35.5. The van der Waals surface area contributed by atoms with Crippen molar-refractivity contribution in [3.63, 3.8) is 0 Å². The Morgan fingerprint density at radius 2 is 1.60 bits per heavy atom. The molecule has 0 aromatic heterocycles. The first kappa shape index (κ1) is 31.0. The van der Waals surface area contributed by atoms with Crippen LogP contribution >= 0.6 is 11.6 Å². The van der Waals surface area contributed by atoms with Gasteiger partial charge < -0.3 is 15.0 Å². The minimum absolute atomic E-state index is 0.00644. The fourth-order valence-corrected chi connectivity index (χ4v) is 5.84. The number of halogens is 1. The zero-order valence-electron chi connectivity index (χ0n) is 23.0. The Morgan fingerprint density at radius 1 is 0.950 bits per heavy atom.